The molecule has 0 aliphatic carbocycles. The number of benzene rings is 1. The number of carbonyl (C=O) groups is 2. The van der Waals surface area contributed by atoms with Crippen LogP contribution in [0, 0.1) is 0 Å². The van der Waals surface area contributed by atoms with E-state index in [0.29, 0.717) is 17.7 Å². The van der Waals surface area contributed by atoms with Crippen LogP contribution in [0.25, 0.3) is 0 Å². The van der Waals surface area contributed by atoms with E-state index in [0.717, 1.165) is 31.7 Å². The van der Waals surface area contributed by atoms with Crippen LogP contribution in [0.2, 0.25) is 0 Å². The molecule has 0 saturated carbocycles. The first-order chi connectivity index (χ1) is 12.1. The second-order valence-electron chi connectivity index (χ2n) is 6.22. The van der Waals surface area contributed by atoms with Gasteiger partial charge in [-0.1, -0.05) is 6.07 Å². The molecule has 0 atom stereocenters. The van der Waals surface area contributed by atoms with Crippen LogP contribution in [0.1, 0.15) is 26.3 Å². The minimum absolute atomic E-state index is 0.0235. The van der Waals surface area contributed by atoms with Crippen LogP contribution >= 0.6 is 0 Å². The van der Waals surface area contributed by atoms with E-state index in [4.69, 9.17) is 0 Å². The maximum Gasteiger partial charge on any atom is 0.253 e. The Balaban J connectivity index is 1.58. The third-order valence-corrected chi connectivity index (χ3v) is 4.36. The van der Waals surface area contributed by atoms with Gasteiger partial charge < -0.3 is 15.1 Å². The van der Waals surface area contributed by atoms with Gasteiger partial charge in [0.1, 0.15) is 0 Å². The van der Waals surface area contributed by atoms with Crippen molar-refractivity contribution in [1.29, 1.82) is 0 Å². The summed E-state index contributed by atoms with van der Waals surface area (Å²) in [5.41, 5.74) is 2.10. The maximum atomic E-state index is 12.5. The Morgan fingerprint density at radius 1 is 1.04 bits per heavy atom. The fraction of sp³-hybridized carbons (Fsp3) is 0.316. The van der Waals surface area contributed by atoms with Crippen LogP contribution in [-0.4, -0.2) is 59.8 Å². The number of amides is 2. The van der Waals surface area contributed by atoms with Crippen LogP contribution in [0.4, 0.5) is 0 Å². The molecule has 1 aromatic carbocycles. The van der Waals surface area contributed by atoms with E-state index >= 15 is 0 Å². The molecule has 1 N–H and O–H groups in total. The number of likely N-dealkylation sites (N-methyl/N-ethyl adjacent to an activating group) is 1. The maximum absolute atomic E-state index is 12.5. The summed E-state index contributed by atoms with van der Waals surface area (Å²) in [6.45, 7) is 3.68. The van der Waals surface area contributed by atoms with Gasteiger partial charge in [0.25, 0.3) is 11.8 Å². The number of aromatic nitrogens is 1. The van der Waals surface area contributed by atoms with Crippen molar-refractivity contribution in [2.75, 3.05) is 33.2 Å². The number of nitrogens with zero attached hydrogens (tertiary/aromatic N) is 3. The lowest BCUT2D eigenvalue weighted by Crippen LogP contribution is -2.47. The Hall–Kier alpha value is -2.73. The van der Waals surface area contributed by atoms with Crippen molar-refractivity contribution in [1.82, 2.24) is 20.1 Å². The molecule has 0 unspecified atom stereocenters. The van der Waals surface area contributed by atoms with E-state index in [1.807, 2.05) is 17.0 Å². The molecule has 1 fully saturated rings. The molecule has 25 heavy (non-hydrogen) atoms. The normalized spacial score (nSPS) is 15.0. The highest BCUT2D eigenvalue weighted by molar-refractivity contribution is 5.97. The molecule has 130 valence electrons. The number of nitrogens with one attached hydrogen (secondary N) is 1. The van der Waals surface area contributed by atoms with Crippen molar-refractivity contribution < 1.29 is 9.59 Å². The van der Waals surface area contributed by atoms with Crippen molar-refractivity contribution in [2.45, 2.75) is 6.54 Å². The first-order valence-electron chi connectivity index (χ1n) is 8.38. The quantitative estimate of drug-likeness (QED) is 0.915. The molecule has 2 heterocycles. The molecule has 1 aliphatic rings. The first-order valence-corrected chi connectivity index (χ1v) is 8.38. The molecular weight excluding hydrogens is 316 g/mol. The van der Waals surface area contributed by atoms with Crippen LogP contribution in [0.5, 0.6) is 0 Å². The van der Waals surface area contributed by atoms with Crippen molar-refractivity contribution >= 4 is 11.8 Å². The number of piperazine rings is 1. The molecule has 6 nitrogen and oxygen atoms in total. The summed E-state index contributed by atoms with van der Waals surface area (Å²) in [5, 5.41) is 2.85. The third kappa shape index (κ3) is 4.42. The van der Waals surface area contributed by atoms with Crippen LogP contribution < -0.4 is 5.32 Å². The predicted molar refractivity (Wildman–Crippen MR) is 95.2 cm³/mol. The van der Waals surface area contributed by atoms with Crippen molar-refractivity contribution in [2.24, 2.45) is 0 Å². The Morgan fingerprint density at radius 3 is 2.36 bits per heavy atom. The molecular formula is C19H22N4O2. The number of hydrogen-bond acceptors (Lipinski definition) is 4. The molecule has 1 saturated heterocycles. The summed E-state index contributed by atoms with van der Waals surface area (Å²) in [4.78, 5) is 32.8. The number of rotatable bonds is 4. The third-order valence-electron chi connectivity index (χ3n) is 4.36. The molecule has 0 bridgehead atoms. The van der Waals surface area contributed by atoms with Gasteiger partial charge in [-0.3, -0.25) is 14.6 Å². The Labute approximate surface area is 147 Å². The summed E-state index contributed by atoms with van der Waals surface area (Å²) in [5.74, 6) is -0.141. The molecule has 0 spiro atoms. The molecule has 3 rings (SSSR count). The van der Waals surface area contributed by atoms with E-state index in [2.05, 4.69) is 22.2 Å². The summed E-state index contributed by atoms with van der Waals surface area (Å²) in [7, 11) is 2.06. The lowest BCUT2D eigenvalue weighted by Gasteiger charge is -2.32. The average Bonchev–Trinajstić information content (AvgIpc) is 2.67. The topological polar surface area (TPSA) is 65.5 Å². The lowest BCUT2D eigenvalue weighted by atomic mass is 10.1. The van der Waals surface area contributed by atoms with Gasteiger partial charge in [-0.25, -0.2) is 0 Å². The van der Waals surface area contributed by atoms with Gasteiger partial charge in [-0.15, -0.1) is 0 Å². The zero-order chi connectivity index (χ0) is 17.6. The Kier molecular flexibility index (Phi) is 5.40. The average molecular weight is 338 g/mol. The molecule has 1 aromatic heterocycles. The summed E-state index contributed by atoms with van der Waals surface area (Å²) in [6, 6.07) is 10.6. The van der Waals surface area contributed by atoms with Crippen LogP contribution in [-0.2, 0) is 6.54 Å². The monoisotopic (exact) mass is 338 g/mol. The van der Waals surface area contributed by atoms with E-state index in [-0.39, 0.29) is 11.8 Å². The smallest absolute Gasteiger partial charge is 0.253 e. The fourth-order valence-electron chi connectivity index (χ4n) is 2.74. The predicted octanol–water partition coefficient (Wildman–Crippen LogP) is 1.40. The summed E-state index contributed by atoms with van der Waals surface area (Å²) < 4.78 is 0. The minimum atomic E-state index is -0.164. The second-order valence-corrected chi connectivity index (χ2v) is 6.22. The Morgan fingerprint density at radius 2 is 1.72 bits per heavy atom. The highest BCUT2D eigenvalue weighted by Crippen LogP contribution is 2.10. The van der Waals surface area contributed by atoms with Gasteiger partial charge in [-0.2, -0.15) is 0 Å². The number of pyridine rings is 1. The van der Waals surface area contributed by atoms with Crippen LogP contribution in [0.15, 0.2) is 48.8 Å². The largest absolute Gasteiger partial charge is 0.348 e. The highest BCUT2D eigenvalue weighted by atomic mass is 16.2. The number of hydrogen-bond donors (Lipinski definition) is 1. The van der Waals surface area contributed by atoms with E-state index in [9.17, 15) is 9.59 Å². The fourth-order valence-corrected chi connectivity index (χ4v) is 2.74. The lowest BCUT2D eigenvalue weighted by molar-refractivity contribution is 0.0663. The van der Waals surface area contributed by atoms with Crippen molar-refractivity contribution in [3.05, 3.63) is 65.5 Å². The molecule has 0 radical (unpaired) electrons. The highest BCUT2D eigenvalue weighted by Gasteiger charge is 2.20. The van der Waals surface area contributed by atoms with E-state index in [1.165, 1.54) is 0 Å². The van der Waals surface area contributed by atoms with Gasteiger partial charge in [0.05, 0.1) is 0 Å². The van der Waals surface area contributed by atoms with E-state index in [1.54, 1.807) is 36.7 Å². The van der Waals surface area contributed by atoms with Crippen LogP contribution in [0.3, 0.4) is 0 Å². The van der Waals surface area contributed by atoms with Gasteiger partial charge in [0.15, 0.2) is 0 Å². The Bertz CT molecular complexity index is 723. The van der Waals surface area contributed by atoms with Gasteiger partial charge in [0, 0.05) is 56.2 Å². The summed E-state index contributed by atoms with van der Waals surface area (Å²) >= 11 is 0. The molecule has 2 amide bonds. The minimum Gasteiger partial charge on any atom is -0.348 e. The molecule has 2 aromatic rings. The number of carbonyl (C=O) groups excluding carboxylic acids is 2. The van der Waals surface area contributed by atoms with Gasteiger partial charge in [0.2, 0.25) is 0 Å². The van der Waals surface area contributed by atoms with Gasteiger partial charge >= 0.3 is 0 Å². The summed E-state index contributed by atoms with van der Waals surface area (Å²) in [6.07, 6.45) is 3.42. The van der Waals surface area contributed by atoms with Crippen molar-refractivity contribution in [3.63, 3.8) is 0 Å². The standard InChI is InChI=1S/C19H22N4O2/c1-22-9-11-23(12-10-22)19(25)17-6-4-16(5-7-17)18(24)21-14-15-3-2-8-20-13-15/h2-8,13H,9-12,14H2,1H3,(H,21,24). The zero-order valence-electron chi connectivity index (χ0n) is 14.3. The molecule has 1 aliphatic heterocycles. The van der Waals surface area contributed by atoms with E-state index < -0.39 is 0 Å². The van der Waals surface area contributed by atoms with Gasteiger partial charge in [-0.05, 0) is 42.9 Å². The molecule has 6 heteroatoms. The second kappa shape index (κ2) is 7.90. The SMILES string of the molecule is CN1CCN(C(=O)c2ccc(C(=O)NCc3cccnc3)cc2)CC1. The zero-order valence-corrected chi connectivity index (χ0v) is 14.3. The first kappa shape index (κ1) is 17.1. The van der Waals surface area contributed by atoms with Crippen molar-refractivity contribution in [3.8, 4) is 0 Å².